The van der Waals surface area contributed by atoms with E-state index < -0.39 is 0 Å². The highest BCUT2D eigenvalue weighted by Gasteiger charge is 2.13. The third-order valence-electron chi connectivity index (χ3n) is 2.84. The lowest BCUT2D eigenvalue weighted by atomic mass is 9.97. The van der Waals surface area contributed by atoms with Crippen LogP contribution < -0.4 is 5.32 Å². The van der Waals surface area contributed by atoms with Crippen LogP contribution in [-0.4, -0.2) is 12.5 Å². The predicted molar refractivity (Wildman–Crippen MR) is 83.4 cm³/mol. The van der Waals surface area contributed by atoms with Crippen LogP contribution in [0.25, 0.3) is 10.8 Å². The van der Waals surface area contributed by atoms with Gasteiger partial charge >= 0.3 is 0 Å². The number of halogens is 1. The monoisotopic (exact) mass is 319 g/mol. The minimum atomic E-state index is -0.0141. The highest BCUT2D eigenvalue weighted by Crippen LogP contribution is 2.21. The van der Waals surface area contributed by atoms with Crippen LogP contribution in [0.15, 0.2) is 40.9 Å². The molecule has 1 amide bonds. The first-order valence-electron chi connectivity index (χ1n) is 6.33. The van der Waals surface area contributed by atoms with Crippen molar-refractivity contribution in [2.24, 2.45) is 5.41 Å². The molecule has 2 aromatic carbocycles. The molecule has 2 aromatic rings. The molecule has 0 radical (unpaired) electrons. The van der Waals surface area contributed by atoms with Gasteiger partial charge in [-0.05, 0) is 40.5 Å². The Morgan fingerprint density at radius 2 is 1.74 bits per heavy atom. The Morgan fingerprint density at radius 3 is 2.42 bits per heavy atom. The molecule has 0 spiro atoms. The number of carbonyl (C=O) groups excluding carboxylic acids is 1. The quantitative estimate of drug-likeness (QED) is 0.874. The van der Waals surface area contributed by atoms with Gasteiger partial charge in [-0.1, -0.05) is 48.8 Å². The molecule has 0 aliphatic carbocycles. The second-order valence-electron chi connectivity index (χ2n) is 5.95. The maximum absolute atomic E-state index is 12.1. The van der Waals surface area contributed by atoms with E-state index in [1.807, 2.05) is 36.4 Å². The molecule has 0 unspecified atom stereocenters. The second kappa shape index (κ2) is 5.33. The van der Waals surface area contributed by atoms with Crippen LogP contribution in [0.4, 0.5) is 0 Å². The van der Waals surface area contributed by atoms with Crippen molar-refractivity contribution in [3.05, 3.63) is 46.4 Å². The van der Waals surface area contributed by atoms with Gasteiger partial charge in [-0.15, -0.1) is 0 Å². The summed E-state index contributed by atoms with van der Waals surface area (Å²) < 4.78 is 1.05. The van der Waals surface area contributed by atoms with E-state index in [-0.39, 0.29) is 11.3 Å². The highest BCUT2D eigenvalue weighted by molar-refractivity contribution is 9.10. The number of rotatable bonds is 2. The summed E-state index contributed by atoms with van der Waals surface area (Å²) in [6.07, 6.45) is 0. The van der Waals surface area contributed by atoms with Gasteiger partial charge in [-0.25, -0.2) is 0 Å². The lowest BCUT2D eigenvalue weighted by Gasteiger charge is -2.18. The molecule has 0 bridgehead atoms. The number of nitrogens with one attached hydrogen (secondary N) is 1. The van der Waals surface area contributed by atoms with Crippen LogP contribution in [-0.2, 0) is 0 Å². The van der Waals surface area contributed by atoms with E-state index >= 15 is 0 Å². The fourth-order valence-corrected chi connectivity index (χ4v) is 2.18. The number of benzene rings is 2. The van der Waals surface area contributed by atoms with Gasteiger partial charge in [-0.3, -0.25) is 4.79 Å². The molecule has 0 atom stereocenters. The standard InChI is InChI=1S/C16H18BrNO/c1-16(2,3)10-18-15(19)13-5-4-12-9-14(17)7-6-11(12)8-13/h4-9H,10H2,1-3H3,(H,18,19). The van der Waals surface area contributed by atoms with Crippen molar-refractivity contribution in [2.75, 3.05) is 6.54 Å². The van der Waals surface area contributed by atoms with Crippen molar-refractivity contribution in [3.63, 3.8) is 0 Å². The topological polar surface area (TPSA) is 29.1 Å². The maximum Gasteiger partial charge on any atom is 0.251 e. The first kappa shape index (κ1) is 14.1. The Balaban J connectivity index is 2.21. The van der Waals surface area contributed by atoms with E-state index in [9.17, 15) is 4.79 Å². The molecule has 19 heavy (non-hydrogen) atoms. The SMILES string of the molecule is CC(C)(C)CNC(=O)c1ccc2cc(Br)ccc2c1. The lowest BCUT2D eigenvalue weighted by Crippen LogP contribution is -2.32. The molecule has 1 N–H and O–H groups in total. The molecule has 2 nitrogen and oxygen atoms in total. The minimum Gasteiger partial charge on any atom is -0.352 e. The largest absolute Gasteiger partial charge is 0.352 e. The first-order chi connectivity index (χ1) is 8.85. The van der Waals surface area contributed by atoms with Crippen LogP contribution in [0, 0.1) is 5.41 Å². The Hall–Kier alpha value is -1.35. The zero-order valence-corrected chi connectivity index (χ0v) is 13.0. The average molecular weight is 320 g/mol. The van der Waals surface area contributed by atoms with Crippen molar-refractivity contribution in [3.8, 4) is 0 Å². The van der Waals surface area contributed by atoms with E-state index in [4.69, 9.17) is 0 Å². The summed E-state index contributed by atoms with van der Waals surface area (Å²) in [5, 5.41) is 5.17. The van der Waals surface area contributed by atoms with Crippen LogP contribution in [0.5, 0.6) is 0 Å². The molecule has 2 rings (SSSR count). The van der Waals surface area contributed by atoms with Crippen molar-refractivity contribution in [1.29, 1.82) is 0 Å². The van der Waals surface area contributed by atoms with Crippen LogP contribution in [0.1, 0.15) is 31.1 Å². The molecule has 0 saturated heterocycles. The van der Waals surface area contributed by atoms with Gasteiger partial charge in [0.25, 0.3) is 5.91 Å². The van der Waals surface area contributed by atoms with Gasteiger partial charge < -0.3 is 5.32 Å². The molecule has 0 fully saturated rings. The average Bonchev–Trinajstić information content (AvgIpc) is 2.34. The maximum atomic E-state index is 12.1. The summed E-state index contributed by atoms with van der Waals surface area (Å²) in [7, 11) is 0. The third-order valence-corrected chi connectivity index (χ3v) is 3.34. The van der Waals surface area contributed by atoms with Crippen molar-refractivity contribution >= 4 is 32.6 Å². The number of hydrogen-bond donors (Lipinski definition) is 1. The molecule has 3 heteroatoms. The van der Waals surface area contributed by atoms with Crippen molar-refractivity contribution < 1.29 is 4.79 Å². The van der Waals surface area contributed by atoms with E-state index in [1.54, 1.807) is 0 Å². The molecular weight excluding hydrogens is 302 g/mol. The van der Waals surface area contributed by atoms with Gasteiger partial charge in [0.1, 0.15) is 0 Å². The number of hydrogen-bond acceptors (Lipinski definition) is 1. The minimum absolute atomic E-state index is 0.0141. The first-order valence-corrected chi connectivity index (χ1v) is 7.12. The lowest BCUT2D eigenvalue weighted by molar-refractivity contribution is 0.0939. The summed E-state index contributed by atoms with van der Waals surface area (Å²) in [6, 6.07) is 11.8. The van der Waals surface area contributed by atoms with Gasteiger partial charge in [-0.2, -0.15) is 0 Å². The smallest absolute Gasteiger partial charge is 0.251 e. The molecule has 0 aliphatic heterocycles. The summed E-state index contributed by atoms with van der Waals surface area (Å²) in [6.45, 7) is 6.98. The fraction of sp³-hybridized carbons (Fsp3) is 0.312. The molecule has 0 aromatic heterocycles. The van der Waals surface area contributed by atoms with E-state index in [0.29, 0.717) is 12.1 Å². The highest BCUT2D eigenvalue weighted by atomic mass is 79.9. The van der Waals surface area contributed by atoms with Gasteiger partial charge in [0.2, 0.25) is 0 Å². The zero-order valence-electron chi connectivity index (χ0n) is 11.5. The number of amides is 1. The van der Waals surface area contributed by atoms with E-state index in [0.717, 1.165) is 15.2 Å². The Morgan fingerprint density at radius 1 is 1.11 bits per heavy atom. The number of carbonyl (C=O) groups is 1. The van der Waals surface area contributed by atoms with Gasteiger partial charge in [0, 0.05) is 16.6 Å². The van der Waals surface area contributed by atoms with Crippen molar-refractivity contribution in [1.82, 2.24) is 5.32 Å². The third kappa shape index (κ3) is 3.80. The summed E-state index contributed by atoms with van der Waals surface area (Å²) in [4.78, 5) is 12.1. The van der Waals surface area contributed by atoms with E-state index in [1.165, 1.54) is 0 Å². The zero-order chi connectivity index (χ0) is 14.0. The Kier molecular flexibility index (Phi) is 3.95. The van der Waals surface area contributed by atoms with Gasteiger partial charge in [0.15, 0.2) is 0 Å². The predicted octanol–water partition coefficient (Wildman–Crippen LogP) is 4.38. The summed E-state index contributed by atoms with van der Waals surface area (Å²) in [5.41, 5.74) is 0.802. The van der Waals surface area contributed by atoms with Gasteiger partial charge in [0.05, 0.1) is 0 Å². The fourth-order valence-electron chi connectivity index (χ4n) is 1.81. The molecular formula is C16H18BrNO. The van der Waals surface area contributed by atoms with Crippen LogP contribution >= 0.6 is 15.9 Å². The van der Waals surface area contributed by atoms with E-state index in [2.05, 4.69) is 42.0 Å². The van der Waals surface area contributed by atoms with Crippen LogP contribution in [0.2, 0.25) is 0 Å². The second-order valence-corrected chi connectivity index (χ2v) is 6.87. The summed E-state index contributed by atoms with van der Waals surface area (Å²) in [5.74, 6) is -0.0141. The normalized spacial score (nSPS) is 11.6. The molecule has 0 saturated carbocycles. The Labute approximate surface area is 122 Å². The van der Waals surface area contributed by atoms with Crippen molar-refractivity contribution in [2.45, 2.75) is 20.8 Å². The Bertz CT molecular complexity index is 614. The van der Waals surface area contributed by atoms with Crippen LogP contribution in [0.3, 0.4) is 0 Å². The molecule has 100 valence electrons. The molecule has 0 heterocycles. The number of fused-ring (bicyclic) bond motifs is 1. The summed E-state index contributed by atoms with van der Waals surface area (Å²) >= 11 is 3.45. The molecule has 0 aliphatic rings.